The number of aryl methyl sites for hydroxylation is 2. The summed E-state index contributed by atoms with van der Waals surface area (Å²) in [6, 6.07) is 37.4. The van der Waals surface area contributed by atoms with Gasteiger partial charge < -0.3 is 44.8 Å². The molecule has 0 atom stereocenters. The van der Waals surface area contributed by atoms with Crippen LogP contribution < -0.4 is 28.0 Å². The van der Waals surface area contributed by atoms with E-state index in [0.29, 0.717) is 56.8 Å². The molecule has 0 unspecified atom stereocenters. The summed E-state index contributed by atoms with van der Waals surface area (Å²) in [6.07, 6.45) is 0. The second-order valence-corrected chi connectivity index (χ2v) is 26.4. The molecule has 0 amide bonds. The highest BCUT2D eigenvalue weighted by Crippen LogP contribution is 2.55. The van der Waals surface area contributed by atoms with E-state index in [0.717, 1.165) is 87.6 Å². The lowest BCUT2D eigenvalue weighted by atomic mass is 9.84. The zero-order chi connectivity index (χ0) is 56.0. The van der Waals surface area contributed by atoms with Crippen molar-refractivity contribution in [3.8, 4) is 45.6 Å². The standard InChI is InChI=1S/C66H72O10P2/c1-37-27-39-23-19-21-25-45(39)55(57(37)71-77-73-59-47(29-41(67-15)33-51(59)63(3,4)5)48-30-42(68-16)34-52(60(48)74-77)64(6,7)8)56-46-26-22-20-24-40(46)28-38(2)58(56)72-78-75-61-49(31-43(69-17)35-53(61)65(9,10)11)50-32-44(70-18)36-54(62(50)76-78)66(12,13)14/h19-36H,1-18H3. The van der Waals surface area contributed by atoms with Gasteiger partial charge in [-0.1, -0.05) is 132 Å². The van der Waals surface area contributed by atoms with Crippen LogP contribution in [0.1, 0.15) is 116 Å². The molecule has 406 valence electrons. The van der Waals surface area contributed by atoms with E-state index in [2.05, 4.69) is 182 Å². The molecule has 2 aromatic heterocycles. The summed E-state index contributed by atoms with van der Waals surface area (Å²) in [5, 5.41) is 7.20. The minimum absolute atomic E-state index is 0.378. The van der Waals surface area contributed by atoms with Crippen molar-refractivity contribution >= 4 is 81.9 Å². The highest BCUT2D eigenvalue weighted by Gasteiger charge is 2.31. The van der Waals surface area contributed by atoms with Crippen molar-refractivity contribution in [2.75, 3.05) is 28.4 Å². The van der Waals surface area contributed by atoms with Gasteiger partial charge in [0.05, 0.1) is 28.4 Å². The van der Waals surface area contributed by atoms with Gasteiger partial charge in [-0.15, -0.1) is 0 Å². The highest BCUT2D eigenvalue weighted by molar-refractivity contribution is 7.32. The lowest BCUT2D eigenvalue weighted by Gasteiger charge is -2.22. The fourth-order valence-corrected chi connectivity index (χ4v) is 12.9. The molecule has 8 aromatic carbocycles. The fraction of sp³-hybridized carbons (Fsp3) is 0.333. The molecule has 2 heterocycles. The minimum Gasteiger partial charge on any atom is -0.497 e. The molecule has 12 heteroatoms. The first kappa shape index (κ1) is 54.2. The predicted molar refractivity (Wildman–Crippen MR) is 322 cm³/mol. The van der Waals surface area contributed by atoms with Crippen LogP contribution in [0.5, 0.6) is 34.5 Å². The molecule has 0 spiro atoms. The van der Waals surface area contributed by atoms with E-state index in [1.165, 1.54) is 0 Å². The van der Waals surface area contributed by atoms with E-state index < -0.39 is 16.5 Å². The van der Waals surface area contributed by atoms with Crippen molar-refractivity contribution < 1.29 is 44.8 Å². The molecule has 0 saturated carbocycles. The van der Waals surface area contributed by atoms with Crippen LogP contribution in [-0.4, -0.2) is 28.4 Å². The smallest absolute Gasteiger partial charge is 0.453 e. The summed E-state index contributed by atoms with van der Waals surface area (Å²) in [6.45, 7) is 30.2. The zero-order valence-electron chi connectivity index (χ0n) is 48.4. The minimum atomic E-state index is -2.25. The molecule has 0 aliphatic carbocycles. The molecule has 10 nitrogen and oxygen atoms in total. The topological polar surface area (TPSA) is 108 Å². The predicted octanol–water partition coefficient (Wildman–Crippen LogP) is 20.4. The van der Waals surface area contributed by atoms with Crippen LogP contribution in [0.4, 0.5) is 0 Å². The molecule has 0 aliphatic heterocycles. The van der Waals surface area contributed by atoms with Crippen molar-refractivity contribution in [3.05, 3.63) is 143 Å². The number of benzene rings is 8. The third-order valence-electron chi connectivity index (χ3n) is 14.6. The van der Waals surface area contributed by atoms with Gasteiger partial charge in [-0.2, -0.15) is 0 Å². The summed E-state index contributed by atoms with van der Waals surface area (Å²) in [5.41, 5.74) is 8.21. The van der Waals surface area contributed by atoms with Gasteiger partial charge in [0.2, 0.25) is 0 Å². The Balaban J connectivity index is 1.34. The van der Waals surface area contributed by atoms with Crippen molar-refractivity contribution in [1.29, 1.82) is 0 Å². The first-order valence-corrected chi connectivity index (χ1v) is 28.6. The highest BCUT2D eigenvalue weighted by atomic mass is 31.1. The van der Waals surface area contributed by atoms with E-state index in [1.807, 2.05) is 24.3 Å². The molecule has 10 rings (SSSR count). The second-order valence-electron chi connectivity index (χ2n) is 24.4. The zero-order valence-corrected chi connectivity index (χ0v) is 50.2. The molecule has 0 radical (unpaired) electrons. The van der Waals surface area contributed by atoms with Crippen molar-refractivity contribution in [2.45, 2.75) is 119 Å². The number of fused-ring (bicyclic) bond motifs is 8. The number of hydrogen-bond acceptors (Lipinski definition) is 10. The molecule has 0 N–H and O–H groups in total. The first-order valence-electron chi connectivity index (χ1n) is 26.4. The Morgan fingerprint density at radius 2 is 0.590 bits per heavy atom. The van der Waals surface area contributed by atoms with Gasteiger partial charge in [0.1, 0.15) is 56.8 Å². The molecule has 0 aliphatic rings. The van der Waals surface area contributed by atoms with Gasteiger partial charge in [-0.3, -0.25) is 0 Å². The summed E-state index contributed by atoms with van der Waals surface area (Å²) in [4.78, 5) is 0. The molecule has 78 heavy (non-hydrogen) atoms. The van der Waals surface area contributed by atoms with Crippen molar-refractivity contribution in [3.63, 3.8) is 0 Å². The summed E-state index contributed by atoms with van der Waals surface area (Å²) in [7, 11) is 2.27. The van der Waals surface area contributed by atoms with Crippen molar-refractivity contribution in [1.82, 2.24) is 0 Å². The van der Waals surface area contributed by atoms with Crippen molar-refractivity contribution in [2.24, 2.45) is 0 Å². The first-order chi connectivity index (χ1) is 36.8. The van der Waals surface area contributed by atoms with Crippen LogP contribution in [0.2, 0.25) is 0 Å². The summed E-state index contributed by atoms with van der Waals surface area (Å²) < 4.78 is 68.2. The van der Waals surface area contributed by atoms with Crippen LogP contribution in [-0.2, 0) is 21.7 Å². The Labute approximate surface area is 459 Å². The second kappa shape index (κ2) is 20.0. The Morgan fingerprint density at radius 3 is 0.833 bits per heavy atom. The van der Waals surface area contributed by atoms with Crippen LogP contribution >= 0.6 is 16.5 Å². The lowest BCUT2D eigenvalue weighted by molar-refractivity contribution is 0.413. The number of ether oxygens (including phenoxy) is 4. The van der Waals surface area contributed by atoms with Crippen LogP contribution in [0, 0.1) is 13.8 Å². The largest absolute Gasteiger partial charge is 0.497 e. The molecular formula is C66H72O10P2. The molecule has 10 aromatic rings. The number of methoxy groups -OCH3 is 4. The fourth-order valence-electron chi connectivity index (χ4n) is 10.5. The molecule has 0 saturated heterocycles. The van der Waals surface area contributed by atoms with E-state index in [9.17, 15) is 0 Å². The Bertz CT molecular complexity index is 3670. The van der Waals surface area contributed by atoms with Gasteiger partial charge >= 0.3 is 16.5 Å². The summed E-state index contributed by atoms with van der Waals surface area (Å²) in [5.74, 6) is 3.96. The maximum atomic E-state index is 7.54. The van der Waals surface area contributed by atoms with Gasteiger partial charge in [0, 0.05) is 54.9 Å². The van der Waals surface area contributed by atoms with Gasteiger partial charge in [-0.25, -0.2) is 0 Å². The maximum Gasteiger partial charge on any atom is 0.453 e. The Hall–Kier alpha value is -7.12. The lowest BCUT2D eigenvalue weighted by Crippen LogP contribution is -2.12. The van der Waals surface area contributed by atoms with Crippen LogP contribution in [0.15, 0.2) is 126 Å². The van der Waals surface area contributed by atoms with Gasteiger partial charge in [0.15, 0.2) is 0 Å². The number of rotatable bonds is 9. The quantitative estimate of drug-likeness (QED) is 0.139. The third kappa shape index (κ3) is 9.92. The van der Waals surface area contributed by atoms with E-state index in [1.54, 1.807) is 28.4 Å². The Morgan fingerprint density at radius 1 is 0.333 bits per heavy atom. The molecule has 0 bridgehead atoms. The number of hydrogen-bond donors (Lipinski definition) is 0. The maximum absolute atomic E-state index is 7.54. The van der Waals surface area contributed by atoms with E-state index in [-0.39, 0.29) is 21.7 Å². The van der Waals surface area contributed by atoms with E-state index >= 15 is 0 Å². The summed E-state index contributed by atoms with van der Waals surface area (Å²) >= 11 is 0. The van der Waals surface area contributed by atoms with E-state index in [4.69, 9.17) is 44.8 Å². The molecular weight excluding hydrogens is 1010 g/mol. The van der Waals surface area contributed by atoms with Gasteiger partial charge in [0.25, 0.3) is 0 Å². The normalized spacial score (nSPS) is 12.5. The average molecular weight is 1090 g/mol. The van der Waals surface area contributed by atoms with Crippen LogP contribution in [0.25, 0.3) is 76.5 Å². The van der Waals surface area contributed by atoms with Gasteiger partial charge in [-0.05, 0) is 129 Å². The Kier molecular flexibility index (Phi) is 13.9. The average Bonchev–Trinajstić information content (AvgIpc) is 3.87. The monoisotopic (exact) mass is 1090 g/mol. The van der Waals surface area contributed by atoms with Crippen LogP contribution in [0.3, 0.4) is 0 Å². The molecule has 0 fully saturated rings. The SMILES string of the molecule is COc1cc(C(C)(C)C)c2op(Oc3c(C)cc4ccccc4c3-c3c(Op4oc5c(C(C)(C)C)cc(OC)cc5c5cc(OC)cc(C(C)(C)C)c5o4)c(C)cc4ccccc34)oc3c(C(C)(C)C)cc(OC)cc3c2c1. The third-order valence-corrected chi connectivity index (χ3v) is 16.6.